The third-order valence-electron chi connectivity index (χ3n) is 4.15. The molecule has 114 valence electrons. The Labute approximate surface area is 123 Å². The lowest BCUT2D eigenvalue weighted by molar-refractivity contribution is -0.145. The molecule has 0 atom stereocenters. The molecular weight excluding hydrogens is 273 g/mol. The number of hydrogen-bond acceptors (Lipinski definition) is 2. The van der Waals surface area contributed by atoms with Crippen molar-refractivity contribution in [3.05, 3.63) is 35.1 Å². The van der Waals surface area contributed by atoms with Gasteiger partial charge in [-0.1, -0.05) is 25.7 Å². The largest absolute Gasteiger partial charge is 0.480 e. The summed E-state index contributed by atoms with van der Waals surface area (Å²) in [5, 5.41) is 12.2. The molecule has 0 aliphatic heterocycles. The van der Waals surface area contributed by atoms with Gasteiger partial charge in [0.05, 0.1) is 0 Å². The summed E-state index contributed by atoms with van der Waals surface area (Å²) in [6.45, 7) is 1.64. The van der Waals surface area contributed by atoms with Crippen LogP contribution < -0.4 is 5.32 Å². The minimum Gasteiger partial charge on any atom is -0.480 e. The molecule has 5 heteroatoms. The molecule has 2 N–H and O–H groups in total. The average Bonchev–Trinajstić information content (AvgIpc) is 2.65. The molecule has 2 rings (SSSR count). The lowest BCUT2D eigenvalue weighted by Crippen LogP contribution is -2.54. The molecule has 1 aromatic carbocycles. The second kappa shape index (κ2) is 6.24. The quantitative estimate of drug-likeness (QED) is 0.842. The van der Waals surface area contributed by atoms with Crippen LogP contribution >= 0.6 is 0 Å². The first kappa shape index (κ1) is 15.5. The molecular formula is C16H20FNO3. The Balaban J connectivity index is 2.24. The van der Waals surface area contributed by atoms with E-state index in [4.69, 9.17) is 0 Å². The maximum Gasteiger partial charge on any atom is 0.329 e. The first-order valence-electron chi connectivity index (χ1n) is 7.27. The summed E-state index contributed by atoms with van der Waals surface area (Å²) in [5.41, 5.74) is -0.378. The molecule has 0 spiro atoms. The van der Waals surface area contributed by atoms with E-state index in [1.54, 1.807) is 6.92 Å². The molecule has 1 aliphatic rings. The monoisotopic (exact) mass is 293 g/mol. The van der Waals surface area contributed by atoms with Gasteiger partial charge >= 0.3 is 5.97 Å². The molecule has 21 heavy (non-hydrogen) atoms. The van der Waals surface area contributed by atoms with E-state index in [9.17, 15) is 19.1 Å². The molecule has 1 fully saturated rings. The van der Waals surface area contributed by atoms with Crippen molar-refractivity contribution in [3.63, 3.8) is 0 Å². The Morgan fingerprint density at radius 3 is 2.33 bits per heavy atom. The number of amides is 1. The fourth-order valence-corrected chi connectivity index (χ4v) is 2.89. The topological polar surface area (TPSA) is 66.4 Å². The number of aliphatic carboxylic acids is 1. The van der Waals surface area contributed by atoms with E-state index in [-0.39, 0.29) is 0 Å². The van der Waals surface area contributed by atoms with Gasteiger partial charge in [0.25, 0.3) is 5.91 Å². The molecule has 4 nitrogen and oxygen atoms in total. The fourth-order valence-electron chi connectivity index (χ4n) is 2.89. The highest BCUT2D eigenvalue weighted by atomic mass is 19.1. The smallest absolute Gasteiger partial charge is 0.329 e. The van der Waals surface area contributed by atoms with Crippen LogP contribution in [0.25, 0.3) is 0 Å². The summed E-state index contributed by atoms with van der Waals surface area (Å²) in [4.78, 5) is 24.0. The standard InChI is InChI=1S/C16H20FNO3/c1-11-10-12(17)6-7-13(11)14(19)18-16(15(20)21)8-4-2-3-5-9-16/h6-7,10H,2-5,8-9H2,1H3,(H,18,19)(H,20,21). The van der Waals surface area contributed by atoms with Gasteiger partial charge in [-0.25, -0.2) is 9.18 Å². The van der Waals surface area contributed by atoms with Gasteiger partial charge in [0.2, 0.25) is 0 Å². The van der Waals surface area contributed by atoms with Gasteiger partial charge in [0, 0.05) is 5.56 Å². The lowest BCUT2D eigenvalue weighted by atomic mass is 9.89. The molecule has 1 aliphatic carbocycles. The van der Waals surface area contributed by atoms with Crippen LogP contribution in [0, 0.1) is 12.7 Å². The van der Waals surface area contributed by atoms with Gasteiger partial charge in [-0.15, -0.1) is 0 Å². The van der Waals surface area contributed by atoms with Gasteiger partial charge in [-0.05, 0) is 43.5 Å². The Kier molecular flexibility index (Phi) is 4.60. The number of rotatable bonds is 3. The van der Waals surface area contributed by atoms with Crippen LogP contribution in [0.5, 0.6) is 0 Å². The van der Waals surface area contributed by atoms with Crippen molar-refractivity contribution < 1.29 is 19.1 Å². The SMILES string of the molecule is Cc1cc(F)ccc1C(=O)NC1(C(=O)O)CCCCCC1. The lowest BCUT2D eigenvalue weighted by Gasteiger charge is -2.29. The number of hydrogen-bond donors (Lipinski definition) is 2. The molecule has 0 saturated heterocycles. The highest BCUT2D eigenvalue weighted by Gasteiger charge is 2.40. The average molecular weight is 293 g/mol. The van der Waals surface area contributed by atoms with Crippen LogP contribution in [0.1, 0.15) is 54.4 Å². The zero-order valence-electron chi connectivity index (χ0n) is 12.1. The zero-order valence-corrected chi connectivity index (χ0v) is 12.1. The Morgan fingerprint density at radius 1 is 1.19 bits per heavy atom. The minimum absolute atomic E-state index is 0.321. The summed E-state index contributed by atoms with van der Waals surface area (Å²) in [6.07, 6.45) is 4.42. The predicted molar refractivity (Wildman–Crippen MR) is 76.7 cm³/mol. The number of aryl methyl sites for hydroxylation is 1. The van der Waals surface area contributed by atoms with E-state index in [0.717, 1.165) is 25.7 Å². The van der Waals surface area contributed by atoms with E-state index in [1.807, 2.05) is 0 Å². The predicted octanol–water partition coefficient (Wildman–Crippen LogP) is 3.04. The van der Waals surface area contributed by atoms with Crippen LogP contribution in [0.15, 0.2) is 18.2 Å². The Hall–Kier alpha value is -1.91. The van der Waals surface area contributed by atoms with E-state index >= 15 is 0 Å². The summed E-state index contributed by atoms with van der Waals surface area (Å²) in [6, 6.07) is 3.88. The maximum atomic E-state index is 13.1. The third kappa shape index (κ3) is 3.40. The number of nitrogens with one attached hydrogen (secondary N) is 1. The van der Waals surface area contributed by atoms with Gasteiger partial charge < -0.3 is 10.4 Å². The van der Waals surface area contributed by atoms with Gasteiger partial charge in [0.15, 0.2) is 0 Å². The molecule has 0 aromatic heterocycles. The van der Waals surface area contributed by atoms with Crippen LogP contribution in [-0.2, 0) is 4.79 Å². The van der Waals surface area contributed by atoms with E-state index in [0.29, 0.717) is 24.0 Å². The summed E-state index contributed by atoms with van der Waals surface area (Å²) < 4.78 is 13.1. The van der Waals surface area contributed by atoms with Crippen molar-refractivity contribution in [1.29, 1.82) is 0 Å². The minimum atomic E-state index is -1.20. The second-order valence-corrected chi connectivity index (χ2v) is 5.71. The highest BCUT2D eigenvalue weighted by Crippen LogP contribution is 2.28. The maximum absolute atomic E-state index is 13.1. The zero-order chi connectivity index (χ0) is 15.5. The number of carboxylic acid groups (broad SMARTS) is 1. The van der Waals surface area contributed by atoms with E-state index in [2.05, 4.69) is 5.32 Å². The van der Waals surface area contributed by atoms with Crippen molar-refractivity contribution >= 4 is 11.9 Å². The number of carbonyl (C=O) groups is 2. The molecule has 0 bridgehead atoms. The fraction of sp³-hybridized carbons (Fsp3) is 0.500. The molecule has 0 unspecified atom stereocenters. The van der Waals surface area contributed by atoms with Crippen molar-refractivity contribution in [2.24, 2.45) is 0 Å². The number of benzene rings is 1. The van der Waals surface area contributed by atoms with Crippen LogP contribution in [0.2, 0.25) is 0 Å². The summed E-state index contributed by atoms with van der Waals surface area (Å²) >= 11 is 0. The molecule has 1 amide bonds. The Bertz CT molecular complexity index is 548. The van der Waals surface area contributed by atoms with E-state index in [1.165, 1.54) is 18.2 Å². The van der Waals surface area contributed by atoms with Gasteiger partial charge in [-0.2, -0.15) is 0 Å². The molecule has 0 radical (unpaired) electrons. The van der Waals surface area contributed by atoms with Crippen LogP contribution in [-0.4, -0.2) is 22.5 Å². The number of carbonyl (C=O) groups excluding carboxylic acids is 1. The van der Waals surface area contributed by atoms with Crippen LogP contribution in [0.3, 0.4) is 0 Å². The first-order valence-corrected chi connectivity index (χ1v) is 7.27. The summed E-state index contributed by atoms with van der Waals surface area (Å²) in [7, 11) is 0. The number of carboxylic acids is 1. The van der Waals surface area contributed by atoms with Gasteiger partial charge in [-0.3, -0.25) is 4.79 Å². The van der Waals surface area contributed by atoms with Crippen molar-refractivity contribution in [2.75, 3.05) is 0 Å². The molecule has 1 saturated carbocycles. The normalized spacial score (nSPS) is 17.8. The van der Waals surface area contributed by atoms with E-state index < -0.39 is 23.2 Å². The summed E-state index contributed by atoms with van der Waals surface area (Å²) in [5.74, 6) is -1.85. The number of halogens is 1. The molecule has 0 heterocycles. The molecule has 1 aromatic rings. The second-order valence-electron chi connectivity index (χ2n) is 5.71. The van der Waals surface area contributed by atoms with Gasteiger partial charge in [0.1, 0.15) is 11.4 Å². The first-order chi connectivity index (χ1) is 9.94. The van der Waals surface area contributed by atoms with Crippen molar-refractivity contribution in [1.82, 2.24) is 5.32 Å². The van der Waals surface area contributed by atoms with Crippen LogP contribution in [0.4, 0.5) is 4.39 Å². The van der Waals surface area contributed by atoms with Crippen molar-refractivity contribution in [3.8, 4) is 0 Å². The third-order valence-corrected chi connectivity index (χ3v) is 4.15. The van der Waals surface area contributed by atoms with Crippen molar-refractivity contribution in [2.45, 2.75) is 51.0 Å². The highest BCUT2D eigenvalue weighted by molar-refractivity contribution is 5.99. The Morgan fingerprint density at radius 2 is 1.81 bits per heavy atom.